The summed E-state index contributed by atoms with van der Waals surface area (Å²) in [7, 11) is 0. The van der Waals surface area contributed by atoms with Crippen LogP contribution in [0.1, 0.15) is 12.8 Å². The second-order valence-corrected chi connectivity index (χ2v) is 5.69. The lowest BCUT2D eigenvalue weighted by Gasteiger charge is -2.31. The van der Waals surface area contributed by atoms with Crippen molar-refractivity contribution >= 4 is 23.4 Å². The molecule has 0 aliphatic carbocycles. The van der Waals surface area contributed by atoms with Gasteiger partial charge in [-0.2, -0.15) is 8.78 Å². The molecular weight excluding hydrogens is 286 g/mol. The number of halogens is 2. The molecule has 7 heteroatoms. The Morgan fingerprint density at radius 3 is 2.45 bits per heavy atom. The molecule has 0 atom stereocenters. The van der Waals surface area contributed by atoms with E-state index in [1.807, 2.05) is 0 Å². The highest BCUT2D eigenvalue weighted by Gasteiger charge is 2.35. The van der Waals surface area contributed by atoms with E-state index >= 15 is 0 Å². The number of thioether (sulfide) groups is 1. The molecule has 0 bridgehead atoms. The molecule has 1 aromatic carbocycles. The molecule has 3 N–H and O–H groups in total. The SMILES string of the molecule is NC1(C(=O)Nc2ccc(SC(F)F)cc2)CCOCC1. The third-order valence-electron chi connectivity index (χ3n) is 3.17. The molecule has 1 amide bonds. The van der Waals surface area contributed by atoms with Crippen LogP contribution < -0.4 is 11.1 Å². The van der Waals surface area contributed by atoms with Crippen LogP contribution in [-0.2, 0) is 9.53 Å². The van der Waals surface area contributed by atoms with Crippen molar-refractivity contribution in [2.24, 2.45) is 5.73 Å². The predicted octanol–water partition coefficient (Wildman–Crippen LogP) is 2.45. The Morgan fingerprint density at radius 1 is 1.30 bits per heavy atom. The van der Waals surface area contributed by atoms with Crippen molar-refractivity contribution in [2.75, 3.05) is 18.5 Å². The zero-order chi connectivity index (χ0) is 14.6. The van der Waals surface area contributed by atoms with Crippen LogP contribution in [0.25, 0.3) is 0 Å². The number of carbonyl (C=O) groups excluding carboxylic acids is 1. The van der Waals surface area contributed by atoms with Crippen LogP contribution in [0, 0.1) is 0 Å². The van der Waals surface area contributed by atoms with Gasteiger partial charge >= 0.3 is 0 Å². The summed E-state index contributed by atoms with van der Waals surface area (Å²) in [6.45, 7) is 0.932. The molecule has 0 aromatic heterocycles. The molecule has 1 aromatic rings. The van der Waals surface area contributed by atoms with Gasteiger partial charge in [0.25, 0.3) is 5.76 Å². The number of benzene rings is 1. The van der Waals surface area contributed by atoms with E-state index in [1.54, 1.807) is 24.3 Å². The van der Waals surface area contributed by atoms with Gasteiger partial charge in [-0.05, 0) is 37.1 Å². The van der Waals surface area contributed by atoms with Gasteiger partial charge in [0.15, 0.2) is 0 Å². The summed E-state index contributed by atoms with van der Waals surface area (Å²) in [5.74, 6) is -2.72. The van der Waals surface area contributed by atoms with Crippen LogP contribution in [0.2, 0.25) is 0 Å². The highest BCUT2D eigenvalue weighted by atomic mass is 32.2. The minimum absolute atomic E-state index is 0.268. The number of hydrogen-bond donors (Lipinski definition) is 2. The molecule has 0 unspecified atom stereocenters. The van der Waals surface area contributed by atoms with E-state index in [0.29, 0.717) is 48.4 Å². The Balaban J connectivity index is 1.97. The molecule has 2 rings (SSSR count). The van der Waals surface area contributed by atoms with Gasteiger partial charge in [-0.25, -0.2) is 0 Å². The first-order valence-corrected chi connectivity index (χ1v) is 7.10. The largest absolute Gasteiger partial charge is 0.381 e. The van der Waals surface area contributed by atoms with Crippen LogP contribution in [-0.4, -0.2) is 30.4 Å². The smallest absolute Gasteiger partial charge is 0.288 e. The summed E-state index contributed by atoms with van der Waals surface area (Å²) in [6, 6.07) is 6.26. The van der Waals surface area contributed by atoms with E-state index in [4.69, 9.17) is 10.5 Å². The minimum atomic E-state index is -2.45. The molecule has 110 valence electrons. The second kappa shape index (κ2) is 6.51. The molecule has 0 radical (unpaired) electrons. The minimum Gasteiger partial charge on any atom is -0.381 e. The lowest BCUT2D eigenvalue weighted by molar-refractivity contribution is -0.124. The van der Waals surface area contributed by atoms with Crippen molar-refractivity contribution in [1.29, 1.82) is 0 Å². The Labute approximate surface area is 120 Å². The summed E-state index contributed by atoms with van der Waals surface area (Å²) < 4.78 is 29.6. The van der Waals surface area contributed by atoms with Crippen molar-refractivity contribution in [3.63, 3.8) is 0 Å². The highest BCUT2D eigenvalue weighted by molar-refractivity contribution is 7.99. The number of ether oxygens (including phenoxy) is 1. The average molecular weight is 302 g/mol. The van der Waals surface area contributed by atoms with Crippen molar-refractivity contribution in [1.82, 2.24) is 0 Å². The molecule has 1 aliphatic heterocycles. The molecule has 0 saturated carbocycles. The first kappa shape index (κ1) is 15.2. The summed E-state index contributed by atoms with van der Waals surface area (Å²) in [5.41, 5.74) is 5.68. The molecule has 1 fully saturated rings. The topological polar surface area (TPSA) is 64.4 Å². The van der Waals surface area contributed by atoms with Gasteiger partial charge in [0.1, 0.15) is 5.54 Å². The van der Waals surface area contributed by atoms with Gasteiger partial charge in [-0.1, -0.05) is 11.8 Å². The van der Waals surface area contributed by atoms with Gasteiger partial charge in [0.05, 0.1) is 0 Å². The number of hydrogen-bond acceptors (Lipinski definition) is 4. The van der Waals surface area contributed by atoms with Gasteiger partial charge < -0.3 is 15.8 Å². The molecule has 1 heterocycles. The fourth-order valence-corrected chi connectivity index (χ4v) is 2.44. The summed E-state index contributed by atoms with van der Waals surface area (Å²) in [5, 5.41) is 2.72. The van der Waals surface area contributed by atoms with Crippen molar-refractivity contribution in [3.8, 4) is 0 Å². The van der Waals surface area contributed by atoms with Crippen LogP contribution in [0.3, 0.4) is 0 Å². The van der Waals surface area contributed by atoms with E-state index in [2.05, 4.69) is 5.32 Å². The Bertz CT molecular complexity index is 462. The molecule has 1 aliphatic rings. The zero-order valence-corrected chi connectivity index (χ0v) is 11.6. The monoisotopic (exact) mass is 302 g/mol. The fraction of sp³-hybridized carbons (Fsp3) is 0.462. The molecule has 20 heavy (non-hydrogen) atoms. The van der Waals surface area contributed by atoms with Crippen LogP contribution in [0.5, 0.6) is 0 Å². The Hall–Kier alpha value is -1.18. The number of alkyl halides is 2. The van der Waals surface area contributed by atoms with Crippen molar-refractivity contribution < 1.29 is 18.3 Å². The number of nitrogens with one attached hydrogen (secondary N) is 1. The molecule has 0 spiro atoms. The summed E-state index contributed by atoms with van der Waals surface area (Å²) in [4.78, 5) is 12.6. The van der Waals surface area contributed by atoms with E-state index in [9.17, 15) is 13.6 Å². The van der Waals surface area contributed by atoms with E-state index in [-0.39, 0.29) is 5.91 Å². The normalized spacial score (nSPS) is 18.0. The third-order valence-corrected chi connectivity index (χ3v) is 3.90. The van der Waals surface area contributed by atoms with Gasteiger partial charge in [-0.3, -0.25) is 4.79 Å². The lowest BCUT2D eigenvalue weighted by atomic mass is 9.90. The van der Waals surface area contributed by atoms with Gasteiger partial charge in [0, 0.05) is 23.8 Å². The van der Waals surface area contributed by atoms with Gasteiger partial charge in [-0.15, -0.1) is 0 Å². The first-order chi connectivity index (χ1) is 9.49. The number of rotatable bonds is 4. The maximum absolute atomic E-state index is 12.2. The van der Waals surface area contributed by atoms with E-state index in [0.717, 1.165) is 0 Å². The molecule has 4 nitrogen and oxygen atoms in total. The van der Waals surface area contributed by atoms with Crippen molar-refractivity contribution in [3.05, 3.63) is 24.3 Å². The van der Waals surface area contributed by atoms with Crippen LogP contribution >= 0.6 is 11.8 Å². The standard InChI is InChI=1S/C13H16F2N2O2S/c14-12(15)20-10-3-1-9(2-4-10)17-11(18)13(16)5-7-19-8-6-13/h1-4,12H,5-8,16H2,(H,17,18). The van der Waals surface area contributed by atoms with Gasteiger partial charge in [0.2, 0.25) is 5.91 Å². The summed E-state index contributed by atoms with van der Waals surface area (Å²) in [6.07, 6.45) is 0.941. The first-order valence-electron chi connectivity index (χ1n) is 6.22. The summed E-state index contributed by atoms with van der Waals surface area (Å²) >= 11 is 0.466. The molecular formula is C13H16F2N2O2S. The number of nitrogens with two attached hydrogens (primary N) is 1. The Morgan fingerprint density at radius 2 is 1.90 bits per heavy atom. The average Bonchev–Trinajstić information content (AvgIpc) is 2.41. The van der Waals surface area contributed by atoms with Crippen molar-refractivity contribution in [2.45, 2.75) is 29.0 Å². The maximum Gasteiger partial charge on any atom is 0.288 e. The van der Waals surface area contributed by atoms with E-state index in [1.165, 1.54) is 0 Å². The number of amides is 1. The quantitative estimate of drug-likeness (QED) is 0.839. The number of carbonyl (C=O) groups is 1. The second-order valence-electron chi connectivity index (χ2n) is 4.63. The third kappa shape index (κ3) is 3.91. The molecule has 1 saturated heterocycles. The Kier molecular flexibility index (Phi) is 4.95. The maximum atomic E-state index is 12.2. The fourth-order valence-electron chi connectivity index (χ4n) is 1.94. The van der Waals surface area contributed by atoms with Crippen LogP contribution in [0.4, 0.5) is 14.5 Å². The van der Waals surface area contributed by atoms with Crippen LogP contribution in [0.15, 0.2) is 29.2 Å². The predicted molar refractivity (Wildman–Crippen MR) is 73.9 cm³/mol. The lowest BCUT2D eigenvalue weighted by Crippen LogP contribution is -2.54. The highest BCUT2D eigenvalue weighted by Crippen LogP contribution is 2.26. The zero-order valence-electron chi connectivity index (χ0n) is 10.8. The van der Waals surface area contributed by atoms with E-state index < -0.39 is 11.3 Å². The number of anilines is 1.